The zero-order valence-corrected chi connectivity index (χ0v) is 29.6. The maximum Gasteiger partial charge on any atom is 1.00 e. The molecule has 0 aromatic carbocycles. The second-order valence-electron chi connectivity index (χ2n) is 12.0. The summed E-state index contributed by atoms with van der Waals surface area (Å²) in [5, 5.41) is 0. The van der Waals surface area contributed by atoms with E-state index in [1.165, 1.54) is 161 Å². The van der Waals surface area contributed by atoms with Gasteiger partial charge in [0.1, 0.15) is 0 Å². The van der Waals surface area contributed by atoms with Crippen LogP contribution in [0.15, 0.2) is 0 Å². The van der Waals surface area contributed by atoms with Gasteiger partial charge in [-0.05, 0) is 18.8 Å². The van der Waals surface area contributed by atoms with Crippen LogP contribution in [0.5, 0.6) is 0 Å². The average molecular weight is 583 g/mol. The molecule has 0 aromatic rings. The second-order valence-corrected chi connectivity index (χ2v) is 13.0. The molecule has 0 heterocycles. The van der Waals surface area contributed by atoms with E-state index in [0.717, 1.165) is 25.7 Å². The summed E-state index contributed by atoms with van der Waals surface area (Å²) in [4.78, 5) is 0. The van der Waals surface area contributed by atoms with Crippen LogP contribution in [0.3, 0.4) is 0 Å². The van der Waals surface area contributed by atoms with Crippen LogP contribution in [0.1, 0.15) is 200 Å². The van der Waals surface area contributed by atoms with Crippen LogP contribution in [-0.4, -0.2) is 19.6 Å². The summed E-state index contributed by atoms with van der Waals surface area (Å²) >= 11 is 0. The van der Waals surface area contributed by atoms with Gasteiger partial charge in [0.05, 0.1) is 6.61 Å². The van der Waals surface area contributed by atoms with E-state index in [2.05, 4.69) is 18.0 Å². The Morgan fingerprint density at radius 3 is 0.923 bits per heavy atom. The molecule has 0 amide bonds. The Bertz CT molecular complexity index is 556. The molecule has 0 radical (unpaired) electrons. The van der Waals surface area contributed by atoms with Crippen molar-refractivity contribution in [2.24, 2.45) is 5.92 Å². The third kappa shape index (κ3) is 36.8. The third-order valence-corrected chi connectivity index (χ3v) is 8.55. The molecule has 0 aliphatic carbocycles. The van der Waals surface area contributed by atoms with Crippen LogP contribution < -0.4 is 29.6 Å². The summed E-state index contributed by atoms with van der Waals surface area (Å²) in [5.41, 5.74) is 0. The minimum Gasteiger partial charge on any atom is -0.726 e. The summed E-state index contributed by atoms with van der Waals surface area (Å²) in [6.45, 7) is 4.61. The molecule has 0 bridgehead atoms. The zero-order valence-electron chi connectivity index (χ0n) is 26.8. The number of rotatable bonds is 32. The number of hydrogen-bond donors (Lipinski definition) is 0. The van der Waals surface area contributed by atoms with Gasteiger partial charge in [0, 0.05) is 0 Å². The minimum atomic E-state index is -4.58. The molecule has 230 valence electrons. The Labute approximate surface area is 268 Å². The van der Waals surface area contributed by atoms with E-state index in [-0.39, 0.29) is 42.1 Å². The molecular formula is C33H67NaO4S. The van der Waals surface area contributed by atoms with Gasteiger partial charge in [0.25, 0.3) is 0 Å². The van der Waals surface area contributed by atoms with Crippen molar-refractivity contribution in [2.75, 3.05) is 6.61 Å². The van der Waals surface area contributed by atoms with E-state index < -0.39 is 10.4 Å². The molecule has 0 fully saturated rings. The van der Waals surface area contributed by atoms with Crippen LogP contribution in [0.25, 0.3) is 0 Å². The van der Waals surface area contributed by atoms with Gasteiger partial charge in [-0.2, -0.15) is 0 Å². The van der Waals surface area contributed by atoms with Gasteiger partial charge < -0.3 is 4.55 Å². The monoisotopic (exact) mass is 582 g/mol. The standard InChI is InChI=1S/C33H68O4S.Na/c1-3-5-7-9-11-13-15-16-17-18-19-20-21-23-25-27-29-31-33(32-37-38(34,35)36)30-28-26-24-22-14-12-10-8-6-4-2;/h33H,3-32H2,1-2H3,(H,34,35,36);/q;+1/p-1. The van der Waals surface area contributed by atoms with Gasteiger partial charge in [0.15, 0.2) is 0 Å². The summed E-state index contributed by atoms with van der Waals surface area (Å²) in [7, 11) is -4.58. The molecule has 0 N–H and O–H groups in total. The van der Waals surface area contributed by atoms with E-state index in [1.54, 1.807) is 0 Å². The molecule has 1 atom stereocenters. The predicted octanol–water partition coefficient (Wildman–Crippen LogP) is 8.44. The van der Waals surface area contributed by atoms with Crippen LogP contribution >= 0.6 is 0 Å². The molecule has 0 aliphatic heterocycles. The largest absolute Gasteiger partial charge is 1.00 e. The molecule has 4 nitrogen and oxygen atoms in total. The van der Waals surface area contributed by atoms with Gasteiger partial charge in [-0.1, -0.05) is 187 Å². The molecule has 0 aromatic heterocycles. The van der Waals surface area contributed by atoms with Gasteiger partial charge in [0.2, 0.25) is 10.4 Å². The maximum absolute atomic E-state index is 10.9. The summed E-state index contributed by atoms with van der Waals surface area (Å²) in [6, 6.07) is 0. The van der Waals surface area contributed by atoms with Crippen LogP contribution in [0, 0.1) is 5.92 Å². The van der Waals surface area contributed by atoms with E-state index in [4.69, 9.17) is 0 Å². The van der Waals surface area contributed by atoms with Crippen molar-refractivity contribution in [3.63, 3.8) is 0 Å². The first-order chi connectivity index (χ1) is 18.5. The van der Waals surface area contributed by atoms with E-state index in [0.29, 0.717) is 0 Å². The van der Waals surface area contributed by atoms with Crippen molar-refractivity contribution in [2.45, 2.75) is 200 Å². The van der Waals surface area contributed by atoms with Gasteiger partial charge in [-0.25, -0.2) is 8.42 Å². The van der Waals surface area contributed by atoms with Crippen LogP contribution in [0.2, 0.25) is 0 Å². The Balaban J connectivity index is 0. The molecule has 39 heavy (non-hydrogen) atoms. The van der Waals surface area contributed by atoms with E-state index in [9.17, 15) is 13.0 Å². The molecular weight excluding hydrogens is 515 g/mol. The van der Waals surface area contributed by atoms with Crippen molar-refractivity contribution >= 4 is 10.4 Å². The average Bonchev–Trinajstić information content (AvgIpc) is 2.89. The van der Waals surface area contributed by atoms with Crippen molar-refractivity contribution in [3.8, 4) is 0 Å². The van der Waals surface area contributed by atoms with Crippen LogP contribution in [0.4, 0.5) is 0 Å². The van der Waals surface area contributed by atoms with Crippen molar-refractivity contribution in [1.29, 1.82) is 0 Å². The van der Waals surface area contributed by atoms with Crippen molar-refractivity contribution in [1.82, 2.24) is 0 Å². The predicted molar refractivity (Wildman–Crippen MR) is 164 cm³/mol. The molecule has 0 aliphatic rings. The summed E-state index contributed by atoms with van der Waals surface area (Å²) < 4.78 is 37.4. The van der Waals surface area contributed by atoms with Gasteiger partial charge in [-0.15, -0.1) is 0 Å². The third-order valence-electron chi connectivity index (χ3n) is 8.13. The topological polar surface area (TPSA) is 66.4 Å². The Morgan fingerprint density at radius 2 is 0.692 bits per heavy atom. The van der Waals surface area contributed by atoms with Crippen LogP contribution in [-0.2, 0) is 14.6 Å². The smallest absolute Gasteiger partial charge is 0.726 e. The summed E-state index contributed by atoms with van der Waals surface area (Å²) in [5.74, 6) is 0.198. The quantitative estimate of drug-likeness (QED) is 0.0345. The SMILES string of the molecule is CCCCCCCCCCCCCCCCCCCC(CCCCCCCCCCCC)COS(=O)(=O)[O-].[Na+]. The van der Waals surface area contributed by atoms with Gasteiger partial charge in [-0.3, -0.25) is 4.18 Å². The normalized spacial score (nSPS) is 12.5. The molecule has 0 saturated carbocycles. The summed E-state index contributed by atoms with van der Waals surface area (Å²) in [6.07, 6.45) is 38.1. The Morgan fingerprint density at radius 1 is 0.462 bits per heavy atom. The fourth-order valence-electron chi connectivity index (χ4n) is 5.57. The Kier molecular flexibility index (Phi) is 35.9. The number of hydrogen-bond acceptors (Lipinski definition) is 4. The van der Waals surface area contributed by atoms with E-state index >= 15 is 0 Å². The maximum atomic E-state index is 10.9. The molecule has 0 saturated heterocycles. The molecule has 0 spiro atoms. The van der Waals surface area contributed by atoms with E-state index in [1.807, 2.05) is 0 Å². The van der Waals surface area contributed by atoms with Crippen molar-refractivity contribution in [3.05, 3.63) is 0 Å². The Hall–Kier alpha value is 0.870. The molecule has 6 heteroatoms. The minimum absolute atomic E-state index is 0. The van der Waals surface area contributed by atoms with Gasteiger partial charge >= 0.3 is 29.6 Å². The molecule has 0 rings (SSSR count). The molecule has 1 unspecified atom stereocenters. The first-order valence-electron chi connectivity index (χ1n) is 17.1. The zero-order chi connectivity index (χ0) is 28.0. The first-order valence-corrected chi connectivity index (χ1v) is 18.4. The number of unbranched alkanes of at least 4 members (excludes halogenated alkanes) is 25. The fraction of sp³-hybridized carbons (Fsp3) is 1.00. The van der Waals surface area contributed by atoms with Crippen molar-refractivity contribution < 1.29 is 46.7 Å². The first kappa shape index (κ1) is 42.0. The fourth-order valence-corrected chi connectivity index (χ4v) is 5.93. The second kappa shape index (κ2) is 33.4.